The Morgan fingerprint density at radius 1 is 1.04 bits per heavy atom. The van der Waals surface area contributed by atoms with Crippen LogP contribution in [-0.4, -0.2) is 39.3 Å². The molecule has 3 saturated carbocycles. The van der Waals surface area contributed by atoms with Crippen LogP contribution in [0.1, 0.15) is 135 Å². The largest absolute Gasteiger partial charge is 0.481 e. The van der Waals surface area contributed by atoms with Gasteiger partial charge < -0.3 is 15.3 Å². The molecule has 47 heavy (non-hydrogen) atoms. The Labute approximate surface area is 281 Å². The highest BCUT2D eigenvalue weighted by Gasteiger charge is 2.70. The molecule has 0 radical (unpaired) electrons. The molecule has 1 saturated heterocycles. The van der Waals surface area contributed by atoms with Gasteiger partial charge in [-0.1, -0.05) is 54.0 Å². The minimum atomic E-state index is -0.686. The fourth-order valence-corrected chi connectivity index (χ4v) is 13.2. The molecule has 7 heteroatoms. The normalized spacial score (nSPS) is 40.6. The second-order valence-electron chi connectivity index (χ2n) is 19.0. The summed E-state index contributed by atoms with van der Waals surface area (Å²) in [5.41, 5.74) is 12.4. The van der Waals surface area contributed by atoms with Gasteiger partial charge in [-0.15, -0.1) is 0 Å². The fraction of sp³-hybridized carbons (Fsp3) is 0.750. The Kier molecular flexibility index (Phi) is 6.76. The smallest absolute Gasteiger partial charge is 0.310 e. The third-order valence-corrected chi connectivity index (χ3v) is 15.9. The number of aliphatic carboxylic acids is 1. The molecule has 8 rings (SSSR count). The lowest BCUT2D eigenvalue weighted by molar-refractivity contribution is -0.175. The van der Waals surface area contributed by atoms with E-state index in [9.17, 15) is 9.90 Å². The van der Waals surface area contributed by atoms with E-state index in [1.165, 1.54) is 35.1 Å². The third kappa shape index (κ3) is 4.19. The van der Waals surface area contributed by atoms with Gasteiger partial charge in [-0.2, -0.15) is 5.10 Å². The summed E-state index contributed by atoms with van der Waals surface area (Å²) in [5.74, 6) is 2.14. The Morgan fingerprint density at radius 3 is 2.49 bits per heavy atom. The maximum Gasteiger partial charge on any atom is 0.310 e. The molecule has 0 aromatic carbocycles. The number of carbonyl (C=O) groups is 1. The molecule has 7 unspecified atom stereocenters. The summed E-state index contributed by atoms with van der Waals surface area (Å²) in [6, 6.07) is 2.33. The lowest BCUT2D eigenvalue weighted by Gasteiger charge is -2.71. The Hall–Kier alpha value is -2.54. The number of furan rings is 1. The number of carboxylic acids is 1. The number of anilines is 1. The number of hydrogen-bond acceptors (Lipinski definition) is 5. The van der Waals surface area contributed by atoms with Crippen molar-refractivity contribution in [2.45, 2.75) is 131 Å². The number of aromatic nitrogens is 2. The number of nitrogens with zero attached hydrogens (tertiary/aromatic N) is 2. The molecule has 2 aromatic rings. The number of H-pyrrole nitrogens is 1. The van der Waals surface area contributed by atoms with E-state index in [-0.39, 0.29) is 33.0 Å². The molecule has 4 fully saturated rings. The number of fused-ring (bicyclic) bond motifs is 8. The zero-order valence-electron chi connectivity index (χ0n) is 30.0. The molecule has 7 atom stereocenters. The average Bonchev–Trinajstić information content (AvgIpc) is 3.76. The molecule has 1 aliphatic heterocycles. The molecule has 0 bridgehead atoms. The number of nitrogens with two attached hydrogens (primary N) is 1. The number of rotatable bonds is 4. The van der Waals surface area contributed by atoms with Crippen LogP contribution < -0.4 is 5.73 Å². The number of carboxylic acid groups (broad SMARTS) is 1. The maximum absolute atomic E-state index is 13.5. The van der Waals surface area contributed by atoms with Crippen molar-refractivity contribution < 1.29 is 14.3 Å². The summed E-state index contributed by atoms with van der Waals surface area (Å²) < 4.78 is 6.40. The summed E-state index contributed by atoms with van der Waals surface area (Å²) in [7, 11) is 0. The Morgan fingerprint density at radius 2 is 1.77 bits per heavy atom. The number of likely N-dealkylation sites (tertiary alicyclic amines) is 1. The monoisotopic (exact) mass is 642 g/mol. The molecule has 0 amide bonds. The number of nitrogens with one attached hydrogen (secondary N) is 1. The third-order valence-electron chi connectivity index (χ3n) is 15.9. The van der Waals surface area contributed by atoms with E-state index in [1.807, 2.05) is 6.26 Å². The summed E-state index contributed by atoms with van der Waals surface area (Å²) in [5, 5.41) is 19.0. The van der Waals surface area contributed by atoms with Crippen molar-refractivity contribution in [3.63, 3.8) is 0 Å². The second kappa shape index (κ2) is 10.0. The highest BCUT2D eigenvalue weighted by atomic mass is 16.4. The van der Waals surface area contributed by atoms with Gasteiger partial charge >= 0.3 is 5.97 Å². The van der Waals surface area contributed by atoms with Crippen molar-refractivity contribution in [3.8, 4) is 0 Å². The van der Waals surface area contributed by atoms with Crippen molar-refractivity contribution in [3.05, 3.63) is 40.5 Å². The highest BCUT2D eigenvalue weighted by molar-refractivity contribution is 5.80. The van der Waals surface area contributed by atoms with E-state index in [0.29, 0.717) is 11.8 Å². The van der Waals surface area contributed by atoms with E-state index in [1.54, 1.807) is 0 Å². The second-order valence-corrected chi connectivity index (χ2v) is 19.0. The first-order valence-electron chi connectivity index (χ1n) is 18.7. The molecule has 5 aliphatic carbocycles. The SMILES string of the molecule is CC1(C)CCC2(C(=O)O)CCC3(C)C(=C(c4coc(CN5CCCC5)c4)CC4C5(C)Cc6c(n[nH]c6N)C(C)(C)C5CCC43C)C2C1. The lowest BCUT2D eigenvalue weighted by Crippen LogP contribution is -2.65. The molecule has 7 nitrogen and oxygen atoms in total. The highest BCUT2D eigenvalue weighted by Crippen LogP contribution is 2.77. The first-order valence-corrected chi connectivity index (χ1v) is 18.7. The van der Waals surface area contributed by atoms with Crippen LogP contribution in [-0.2, 0) is 23.2 Å². The van der Waals surface area contributed by atoms with Crippen LogP contribution in [0.25, 0.3) is 5.57 Å². The van der Waals surface area contributed by atoms with Gasteiger partial charge in [0.25, 0.3) is 0 Å². The van der Waals surface area contributed by atoms with Crippen LogP contribution in [0.15, 0.2) is 22.3 Å². The number of nitrogen functional groups attached to an aromatic ring is 1. The van der Waals surface area contributed by atoms with Gasteiger partial charge in [0.05, 0.1) is 23.9 Å². The van der Waals surface area contributed by atoms with Crippen LogP contribution in [0.2, 0.25) is 0 Å². The van der Waals surface area contributed by atoms with Crippen molar-refractivity contribution in [1.82, 2.24) is 15.1 Å². The maximum atomic E-state index is 13.5. The first-order chi connectivity index (χ1) is 22.1. The number of allylic oxidation sites excluding steroid dienone is 2. The topological polar surface area (TPSA) is 108 Å². The van der Waals surface area contributed by atoms with Gasteiger partial charge in [-0.25, -0.2) is 0 Å². The number of aromatic amines is 1. The molecule has 6 aliphatic rings. The van der Waals surface area contributed by atoms with Crippen molar-refractivity contribution in [2.24, 2.45) is 44.8 Å². The van der Waals surface area contributed by atoms with E-state index in [4.69, 9.17) is 15.2 Å². The van der Waals surface area contributed by atoms with Gasteiger partial charge in [-0.05, 0) is 135 Å². The van der Waals surface area contributed by atoms with Gasteiger partial charge in [0.1, 0.15) is 11.6 Å². The van der Waals surface area contributed by atoms with Crippen molar-refractivity contribution >= 4 is 17.4 Å². The quantitative estimate of drug-likeness (QED) is 0.308. The average molecular weight is 643 g/mol. The Balaban J connectivity index is 1.33. The van der Waals surface area contributed by atoms with Gasteiger partial charge in [0, 0.05) is 16.5 Å². The minimum absolute atomic E-state index is 0.0244. The van der Waals surface area contributed by atoms with E-state index in [2.05, 4.69) is 64.5 Å². The predicted molar refractivity (Wildman–Crippen MR) is 185 cm³/mol. The fourth-order valence-electron chi connectivity index (χ4n) is 13.2. The van der Waals surface area contributed by atoms with Crippen LogP contribution >= 0.6 is 0 Å². The van der Waals surface area contributed by atoms with Crippen molar-refractivity contribution in [1.29, 1.82) is 0 Å². The summed E-state index contributed by atoms with van der Waals surface area (Å²) in [4.78, 5) is 16.0. The molecule has 2 aromatic heterocycles. The summed E-state index contributed by atoms with van der Waals surface area (Å²) in [6.45, 7) is 20.4. The van der Waals surface area contributed by atoms with Crippen LogP contribution in [0.5, 0.6) is 0 Å². The van der Waals surface area contributed by atoms with E-state index < -0.39 is 11.4 Å². The molecule has 4 N–H and O–H groups in total. The minimum Gasteiger partial charge on any atom is -0.481 e. The number of hydrogen-bond donors (Lipinski definition) is 3. The van der Waals surface area contributed by atoms with E-state index >= 15 is 0 Å². The Bertz CT molecular complexity index is 1640. The molecular weight excluding hydrogens is 584 g/mol. The van der Waals surface area contributed by atoms with Gasteiger partial charge in [0.2, 0.25) is 0 Å². The molecule has 256 valence electrons. The first kappa shape index (κ1) is 31.7. The van der Waals surface area contributed by atoms with Crippen LogP contribution in [0, 0.1) is 44.8 Å². The zero-order chi connectivity index (χ0) is 33.4. The summed E-state index contributed by atoms with van der Waals surface area (Å²) in [6.07, 6.45) is 13.2. The molecule has 3 heterocycles. The molecular formula is C40H58N4O3. The standard InChI is InChI=1S/C40H58N4O3/c1-35(2)12-14-40(34(45)46)15-13-39(7)31(28(40)21-35)26(24-18-25(47-23-24)22-44-16-8-9-17-44)19-30-37(5)20-27-32(42-43-33(27)41)36(3,4)29(37)10-11-38(30,39)6/h18,23,28-30H,8-17,19-22H2,1-7H3,(H,45,46)(H3,41,42,43). The van der Waals surface area contributed by atoms with Gasteiger partial charge in [0.15, 0.2) is 0 Å². The van der Waals surface area contributed by atoms with Gasteiger partial charge in [-0.3, -0.25) is 14.8 Å². The van der Waals surface area contributed by atoms with Crippen LogP contribution in [0.4, 0.5) is 5.82 Å². The van der Waals surface area contributed by atoms with Crippen molar-refractivity contribution in [2.75, 3.05) is 18.8 Å². The van der Waals surface area contributed by atoms with Crippen LogP contribution in [0.3, 0.4) is 0 Å². The predicted octanol–water partition coefficient (Wildman–Crippen LogP) is 8.61. The zero-order valence-corrected chi connectivity index (χ0v) is 30.0. The lowest BCUT2D eigenvalue weighted by atomic mass is 9.33. The van der Waals surface area contributed by atoms with E-state index in [0.717, 1.165) is 94.7 Å². The summed E-state index contributed by atoms with van der Waals surface area (Å²) >= 11 is 0. The molecule has 0 spiro atoms.